The monoisotopic (exact) mass is 312 g/mol. The van der Waals surface area contributed by atoms with Crippen molar-refractivity contribution in [3.05, 3.63) is 30.3 Å². The molecule has 1 amide bonds. The van der Waals surface area contributed by atoms with Crippen LogP contribution in [-0.2, 0) is 19.4 Å². The average Bonchev–Trinajstić information content (AvgIpc) is 2.48. The quantitative estimate of drug-likeness (QED) is 0.829. The molecule has 0 radical (unpaired) electrons. The Labute approximate surface area is 124 Å². The zero-order chi connectivity index (χ0) is 15.3. The number of hydrogen-bond acceptors (Lipinski definition) is 5. The Hall–Kier alpha value is -1.44. The van der Waals surface area contributed by atoms with Crippen LogP contribution in [0, 0.1) is 0 Å². The molecule has 0 saturated carbocycles. The average molecular weight is 312 g/mol. The van der Waals surface area contributed by atoms with Crippen LogP contribution in [0.15, 0.2) is 35.2 Å². The molecule has 7 heteroatoms. The van der Waals surface area contributed by atoms with Gasteiger partial charge in [0.05, 0.1) is 23.9 Å². The van der Waals surface area contributed by atoms with Gasteiger partial charge >= 0.3 is 0 Å². The molecular weight excluding hydrogens is 292 g/mol. The third kappa shape index (κ3) is 4.52. The number of carbonyl (C=O) groups is 1. The number of rotatable bonds is 5. The molecule has 0 spiro atoms. The van der Waals surface area contributed by atoms with Crippen LogP contribution in [0.25, 0.3) is 0 Å². The van der Waals surface area contributed by atoms with Crippen molar-refractivity contribution < 1.29 is 17.9 Å². The first-order chi connectivity index (χ1) is 9.99. The molecule has 1 aliphatic heterocycles. The lowest BCUT2D eigenvalue weighted by molar-refractivity contribution is -0.135. The maximum absolute atomic E-state index is 12.2. The van der Waals surface area contributed by atoms with Gasteiger partial charge in [0.1, 0.15) is 0 Å². The lowest BCUT2D eigenvalue weighted by atomic mass is 10.2. The summed E-state index contributed by atoms with van der Waals surface area (Å²) in [7, 11) is -3.46. The third-order valence-corrected chi connectivity index (χ3v) is 5.19. The summed E-state index contributed by atoms with van der Waals surface area (Å²) in [5.74, 6) is -0.346. The molecule has 1 heterocycles. The second-order valence-electron chi connectivity index (χ2n) is 5.05. The molecule has 1 aliphatic rings. The van der Waals surface area contributed by atoms with Crippen molar-refractivity contribution in [3.8, 4) is 0 Å². The number of nitrogens with zero attached hydrogens (tertiary/aromatic N) is 1. The Kier molecular flexibility index (Phi) is 5.33. The van der Waals surface area contributed by atoms with E-state index in [4.69, 9.17) is 10.5 Å². The zero-order valence-electron chi connectivity index (χ0n) is 11.8. The number of nitrogens with two attached hydrogens (primary N) is 1. The molecule has 0 unspecified atom stereocenters. The van der Waals surface area contributed by atoms with Gasteiger partial charge in [-0.05, 0) is 12.1 Å². The van der Waals surface area contributed by atoms with Crippen molar-refractivity contribution in [2.45, 2.75) is 17.4 Å². The summed E-state index contributed by atoms with van der Waals surface area (Å²) >= 11 is 0. The molecule has 1 atom stereocenters. The number of ether oxygens (including phenoxy) is 1. The van der Waals surface area contributed by atoms with Crippen molar-refractivity contribution in [3.63, 3.8) is 0 Å². The lowest BCUT2D eigenvalue weighted by Crippen LogP contribution is -2.44. The van der Waals surface area contributed by atoms with Gasteiger partial charge in [-0.25, -0.2) is 8.42 Å². The largest absolute Gasteiger partial charge is 0.378 e. The summed E-state index contributed by atoms with van der Waals surface area (Å²) in [6, 6.07) is 7.44. The van der Waals surface area contributed by atoms with Crippen molar-refractivity contribution >= 4 is 15.7 Å². The van der Waals surface area contributed by atoms with Gasteiger partial charge in [-0.3, -0.25) is 4.79 Å². The first kappa shape index (κ1) is 15.9. The van der Waals surface area contributed by atoms with E-state index in [1.165, 1.54) is 12.1 Å². The van der Waals surface area contributed by atoms with Crippen molar-refractivity contribution in [2.75, 3.05) is 32.1 Å². The summed E-state index contributed by atoms with van der Waals surface area (Å²) in [6.45, 7) is 2.11. The molecule has 6 nitrogen and oxygen atoms in total. The van der Waals surface area contributed by atoms with Crippen LogP contribution < -0.4 is 5.73 Å². The van der Waals surface area contributed by atoms with E-state index in [1.807, 2.05) is 0 Å². The standard InChI is InChI=1S/C14H20N2O4S/c15-12(10-14(17)16-6-8-20-9-7-16)11-21(18,19)13-4-2-1-3-5-13/h1-5,12H,6-11,15H2/t12-/m1/s1. The zero-order valence-corrected chi connectivity index (χ0v) is 12.6. The molecule has 2 N–H and O–H groups in total. The predicted octanol–water partition coefficient (Wildman–Crippen LogP) is 0.0365. The van der Waals surface area contributed by atoms with Gasteiger partial charge in [-0.15, -0.1) is 0 Å². The molecule has 2 rings (SSSR count). The SMILES string of the molecule is N[C@H](CC(=O)N1CCOCC1)CS(=O)(=O)c1ccccc1. The number of hydrogen-bond donors (Lipinski definition) is 1. The van der Waals surface area contributed by atoms with Gasteiger partial charge in [0, 0.05) is 25.6 Å². The molecular formula is C14H20N2O4S. The summed E-state index contributed by atoms with van der Waals surface area (Å²) in [5.41, 5.74) is 5.85. The minimum Gasteiger partial charge on any atom is -0.378 e. The third-order valence-electron chi connectivity index (χ3n) is 3.34. The van der Waals surface area contributed by atoms with Gasteiger partial charge in [0.2, 0.25) is 5.91 Å². The maximum atomic E-state index is 12.2. The topological polar surface area (TPSA) is 89.7 Å². The van der Waals surface area contributed by atoms with Crippen molar-refractivity contribution in [1.29, 1.82) is 0 Å². The fraction of sp³-hybridized carbons (Fsp3) is 0.500. The predicted molar refractivity (Wildman–Crippen MR) is 78.5 cm³/mol. The summed E-state index contributed by atoms with van der Waals surface area (Å²) < 4.78 is 29.5. The van der Waals surface area contributed by atoms with E-state index in [0.717, 1.165) is 0 Å². The van der Waals surface area contributed by atoms with Crippen LogP contribution in [0.4, 0.5) is 0 Å². The van der Waals surface area contributed by atoms with Gasteiger partial charge in [-0.2, -0.15) is 0 Å². The van der Waals surface area contributed by atoms with Crippen LogP contribution in [0.2, 0.25) is 0 Å². The number of sulfone groups is 1. The molecule has 0 aliphatic carbocycles. The second kappa shape index (κ2) is 7.02. The van der Waals surface area contributed by atoms with E-state index in [1.54, 1.807) is 23.1 Å². The Morgan fingerprint density at radius 2 is 1.86 bits per heavy atom. The van der Waals surface area contributed by atoms with E-state index in [9.17, 15) is 13.2 Å². The van der Waals surface area contributed by atoms with Crippen molar-refractivity contribution in [1.82, 2.24) is 4.90 Å². The Morgan fingerprint density at radius 1 is 1.24 bits per heavy atom. The highest BCUT2D eigenvalue weighted by Crippen LogP contribution is 2.12. The highest BCUT2D eigenvalue weighted by atomic mass is 32.2. The molecule has 0 bridgehead atoms. The smallest absolute Gasteiger partial charge is 0.224 e. The Bertz CT molecular complexity index is 568. The molecule has 1 aromatic rings. The summed E-state index contributed by atoms with van der Waals surface area (Å²) in [6.07, 6.45) is 0.0338. The van der Waals surface area contributed by atoms with Crippen molar-refractivity contribution in [2.24, 2.45) is 5.73 Å². The van der Waals surface area contributed by atoms with Gasteiger partial charge in [-0.1, -0.05) is 18.2 Å². The maximum Gasteiger partial charge on any atom is 0.224 e. The first-order valence-corrected chi connectivity index (χ1v) is 8.53. The molecule has 21 heavy (non-hydrogen) atoms. The summed E-state index contributed by atoms with van der Waals surface area (Å²) in [4.78, 5) is 13.9. The number of carbonyl (C=O) groups excluding carboxylic acids is 1. The Balaban J connectivity index is 1.92. The van der Waals surface area contributed by atoms with Crippen LogP contribution in [0.5, 0.6) is 0 Å². The van der Waals surface area contributed by atoms with Gasteiger partial charge in [0.25, 0.3) is 0 Å². The van der Waals surface area contributed by atoms with Crippen LogP contribution in [0.3, 0.4) is 0 Å². The Morgan fingerprint density at radius 3 is 2.48 bits per heavy atom. The highest BCUT2D eigenvalue weighted by molar-refractivity contribution is 7.91. The summed E-state index contributed by atoms with van der Waals surface area (Å²) in [5, 5.41) is 0. The number of morpholine rings is 1. The fourth-order valence-electron chi connectivity index (χ4n) is 2.23. The van der Waals surface area contributed by atoms with E-state index in [-0.39, 0.29) is 23.0 Å². The lowest BCUT2D eigenvalue weighted by Gasteiger charge is -2.27. The van der Waals surface area contributed by atoms with Crippen LogP contribution in [0.1, 0.15) is 6.42 Å². The van der Waals surface area contributed by atoms with Crippen LogP contribution in [-0.4, -0.2) is 57.3 Å². The minimum absolute atomic E-state index is 0.0338. The molecule has 116 valence electrons. The van der Waals surface area contributed by atoms with E-state index in [2.05, 4.69) is 0 Å². The van der Waals surface area contributed by atoms with E-state index >= 15 is 0 Å². The second-order valence-corrected chi connectivity index (χ2v) is 7.09. The van der Waals surface area contributed by atoms with Crippen LogP contribution >= 0.6 is 0 Å². The molecule has 1 saturated heterocycles. The van der Waals surface area contributed by atoms with E-state index in [0.29, 0.717) is 26.3 Å². The molecule has 0 aromatic heterocycles. The first-order valence-electron chi connectivity index (χ1n) is 6.88. The normalized spacial score (nSPS) is 17.5. The number of benzene rings is 1. The van der Waals surface area contributed by atoms with Gasteiger partial charge < -0.3 is 15.4 Å². The fourth-order valence-corrected chi connectivity index (χ4v) is 3.68. The van der Waals surface area contributed by atoms with Gasteiger partial charge in [0.15, 0.2) is 9.84 Å². The molecule has 1 fully saturated rings. The molecule has 1 aromatic carbocycles. The number of amides is 1. The highest BCUT2D eigenvalue weighted by Gasteiger charge is 2.23. The minimum atomic E-state index is -3.46. The van der Waals surface area contributed by atoms with E-state index < -0.39 is 15.9 Å².